The zero-order valence-electron chi connectivity index (χ0n) is 12.7. The number of halogens is 1. The van der Waals surface area contributed by atoms with Gasteiger partial charge in [0.15, 0.2) is 0 Å². The molecule has 2 fully saturated rings. The third-order valence-electron chi connectivity index (χ3n) is 4.65. The topological polar surface area (TPSA) is 57.7 Å². The highest BCUT2D eigenvalue weighted by Gasteiger charge is 2.51. The van der Waals surface area contributed by atoms with Crippen LogP contribution in [-0.2, 0) is 10.0 Å². The van der Waals surface area contributed by atoms with Crippen molar-refractivity contribution in [2.24, 2.45) is 5.41 Å². The lowest BCUT2D eigenvalue weighted by molar-refractivity contribution is 0.0132. The van der Waals surface area contributed by atoms with Crippen LogP contribution in [0.25, 0.3) is 0 Å². The summed E-state index contributed by atoms with van der Waals surface area (Å²) in [6.45, 7) is 3.65. The Morgan fingerprint density at radius 2 is 1.95 bits per heavy atom. The molecule has 120 valence electrons. The van der Waals surface area contributed by atoms with Crippen molar-refractivity contribution in [3.05, 3.63) is 35.1 Å². The maximum absolute atomic E-state index is 13.9. The van der Waals surface area contributed by atoms with E-state index in [0.717, 1.165) is 6.42 Å². The molecule has 7 heteroatoms. The maximum Gasteiger partial charge on any atom is 0.257 e. The lowest BCUT2D eigenvalue weighted by Gasteiger charge is -2.48. The minimum absolute atomic E-state index is 0.121. The molecule has 1 spiro atoms. The highest BCUT2D eigenvalue weighted by Crippen LogP contribution is 2.41. The van der Waals surface area contributed by atoms with E-state index in [9.17, 15) is 17.6 Å². The number of rotatable bonds is 2. The van der Waals surface area contributed by atoms with Crippen LogP contribution in [0.5, 0.6) is 0 Å². The van der Waals surface area contributed by atoms with Gasteiger partial charge in [-0.25, -0.2) is 17.1 Å². The lowest BCUT2D eigenvalue weighted by atomic mass is 9.78. The van der Waals surface area contributed by atoms with Gasteiger partial charge in [0, 0.05) is 31.6 Å². The molecule has 0 radical (unpaired) electrons. The van der Waals surface area contributed by atoms with E-state index < -0.39 is 15.8 Å². The maximum atomic E-state index is 13.9. The van der Waals surface area contributed by atoms with Gasteiger partial charge in [0.25, 0.3) is 5.91 Å². The third kappa shape index (κ3) is 2.52. The van der Waals surface area contributed by atoms with Crippen molar-refractivity contribution in [1.82, 2.24) is 9.21 Å². The summed E-state index contributed by atoms with van der Waals surface area (Å²) in [6, 6.07) is 4.59. The molecule has 0 saturated carbocycles. The Bertz CT molecular complexity index is 706. The fourth-order valence-electron chi connectivity index (χ4n) is 3.40. The van der Waals surface area contributed by atoms with Gasteiger partial charge in [0.1, 0.15) is 5.82 Å². The van der Waals surface area contributed by atoms with E-state index in [1.54, 1.807) is 24.0 Å². The first-order chi connectivity index (χ1) is 10.2. The molecule has 1 aromatic rings. The molecule has 2 saturated heterocycles. The zero-order valence-corrected chi connectivity index (χ0v) is 13.5. The van der Waals surface area contributed by atoms with Crippen molar-refractivity contribution in [2.75, 3.05) is 32.4 Å². The first-order valence-electron chi connectivity index (χ1n) is 7.21. The predicted molar refractivity (Wildman–Crippen MR) is 80.5 cm³/mol. The van der Waals surface area contributed by atoms with E-state index in [4.69, 9.17) is 0 Å². The highest BCUT2D eigenvalue weighted by atomic mass is 32.2. The number of carbonyl (C=O) groups is 1. The smallest absolute Gasteiger partial charge is 0.257 e. The van der Waals surface area contributed by atoms with Crippen LogP contribution in [0.4, 0.5) is 4.39 Å². The molecule has 0 bridgehead atoms. The van der Waals surface area contributed by atoms with Crippen LogP contribution in [0.2, 0.25) is 0 Å². The van der Waals surface area contributed by atoms with Crippen molar-refractivity contribution in [3.63, 3.8) is 0 Å². The van der Waals surface area contributed by atoms with Gasteiger partial charge in [-0.1, -0.05) is 12.1 Å². The highest BCUT2D eigenvalue weighted by molar-refractivity contribution is 7.88. The SMILES string of the molecule is Cc1cccc(F)c1C(=O)N1CC2(CCN(S(C)(=O)=O)C2)C1. The Morgan fingerprint density at radius 1 is 1.27 bits per heavy atom. The molecule has 1 amide bonds. The van der Waals surface area contributed by atoms with Crippen molar-refractivity contribution < 1.29 is 17.6 Å². The second-order valence-corrected chi connectivity index (χ2v) is 8.42. The lowest BCUT2D eigenvalue weighted by Crippen LogP contribution is -2.59. The number of nitrogens with zero attached hydrogens (tertiary/aromatic N) is 2. The molecule has 3 rings (SSSR count). The number of benzene rings is 1. The van der Waals surface area contributed by atoms with E-state index in [1.807, 2.05) is 0 Å². The van der Waals surface area contributed by atoms with Crippen molar-refractivity contribution in [1.29, 1.82) is 0 Å². The molecular formula is C15H19FN2O3S. The molecule has 2 heterocycles. The fraction of sp³-hybridized carbons (Fsp3) is 0.533. The Labute approximate surface area is 129 Å². The van der Waals surface area contributed by atoms with Gasteiger partial charge in [0.2, 0.25) is 10.0 Å². The zero-order chi connectivity index (χ0) is 16.1. The van der Waals surface area contributed by atoms with E-state index in [0.29, 0.717) is 31.7 Å². The monoisotopic (exact) mass is 326 g/mol. The van der Waals surface area contributed by atoms with E-state index in [2.05, 4.69) is 0 Å². The first kappa shape index (κ1) is 15.4. The van der Waals surface area contributed by atoms with Crippen LogP contribution >= 0.6 is 0 Å². The molecule has 0 atom stereocenters. The fourth-order valence-corrected chi connectivity index (χ4v) is 4.33. The molecule has 22 heavy (non-hydrogen) atoms. The van der Waals surface area contributed by atoms with Gasteiger partial charge in [-0.05, 0) is 25.0 Å². The number of aryl methyl sites for hydroxylation is 1. The van der Waals surface area contributed by atoms with Crippen LogP contribution in [0.3, 0.4) is 0 Å². The van der Waals surface area contributed by atoms with Crippen molar-refractivity contribution in [3.8, 4) is 0 Å². The molecule has 2 aliphatic rings. The molecule has 1 aromatic carbocycles. The van der Waals surface area contributed by atoms with Gasteiger partial charge in [-0.3, -0.25) is 4.79 Å². The largest absolute Gasteiger partial charge is 0.337 e. The number of amides is 1. The molecule has 2 aliphatic heterocycles. The molecule has 0 aromatic heterocycles. The third-order valence-corrected chi connectivity index (χ3v) is 5.90. The van der Waals surface area contributed by atoms with Crippen molar-refractivity contribution in [2.45, 2.75) is 13.3 Å². The van der Waals surface area contributed by atoms with Crippen LogP contribution in [0.15, 0.2) is 18.2 Å². The van der Waals surface area contributed by atoms with Gasteiger partial charge >= 0.3 is 0 Å². The normalized spacial score (nSPS) is 21.1. The summed E-state index contributed by atoms with van der Waals surface area (Å²) in [5.41, 5.74) is 0.586. The van der Waals surface area contributed by atoms with Crippen LogP contribution in [-0.4, -0.2) is 56.0 Å². The minimum Gasteiger partial charge on any atom is -0.337 e. The average Bonchev–Trinajstić information content (AvgIpc) is 2.81. The van der Waals surface area contributed by atoms with Gasteiger partial charge in [-0.2, -0.15) is 0 Å². The molecule has 5 nitrogen and oxygen atoms in total. The van der Waals surface area contributed by atoms with Crippen LogP contribution in [0.1, 0.15) is 22.3 Å². The number of hydrogen-bond donors (Lipinski definition) is 0. The second kappa shape index (κ2) is 5.03. The summed E-state index contributed by atoms with van der Waals surface area (Å²) in [5, 5.41) is 0. The Hall–Kier alpha value is -1.47. The van der Waals surface area contributed by atoms with Gasteiger partial charge < -0.3 is 4.90 Å². The average molecular weight is 326 g/mol. The number of likely N-dealkylation sites (tertiary alicyclic amines) is 1. The van der Waals surface area contributed by atoms with Gasteiger partial charge in [0.05, 0.1) is 11.8 Å². The summed E-state index contributed by atoms with van der Waals surface area (Å²) in [5.74, 6) is -0.811. The summed E-state index contributed by atoms with van der Waals surface area (Å²) in [7, 11) is -3.18. The molecule has 0 aliphatic carbocycles. The standard InChI is InChI=1S/C15H19FN2O3S/c1-11-4-3-5-12(16)13(11)14(19)17-8-15(9-17)6-7-18(10-15)22(2,20)21/h3-5H,6-10H2,1-2H3. The Kier molecular flexibility index (Phi) is 3.52. The van der Waals surface area contributed by atoms with E-state index in [-0.39, 0.29) is 16.9 Å². The number of carbonyl (C=O) groups excluding carboxylic acids is 1. The molecular weight excluding hydrogens is 307 g/mol. The minimum atomic E-state index is -3.18. The summed E-state index contributed by atoms with van der Waals surface area (Å²) in [6.07, 6.45) is 1.95. The van der Waals surface area contributed by atoms with Gasteiger partial charge in [-0.15, -0.1) is 0 Å². The summed E-state index contributed by atoms with van der Waals surface area (Å²) in [4.78, 5) is 14.0. The van der Waals surface area contributed by atoms with Crippen molar-refractivity contribution >= 4 is 15.9 Å². The number of hydrogen-bond acceptors (Lipinski definition) is 3. The summed E-state index contributed by atoms with van der Waals surface area (Å²) < 4.78 is 38.5. The Morgan fingerprint density at radius 3 is 2.50 bits per heavy atom. The summed E-state index contributed by atoms with van der Waals surface area (Å²) >= 11 is 0. The quantitative estimate of drug-likeness (QED) is 0.822. The molecule has 0 unspecified atom stereocenters. The van der Waals surface area contributed by atoms with Crippen LogP contribution in [0, 0.1) is 18.2 Å². The Balaban J connectivity index is 1.71. The van der Waals surface area contributed by atoms with Crippen LogP contribution < -0.4 is 0 Å². The number of sulfonamides is 1. The van der Waals surface area contributed by atoms with E-state index >= 15 is 0 Å². The first-order valence-corrected chi connectivity index (χ1v) is 9.06. The van der Waals surface area contributed by atoms with E-state index in [1.165, 1.54) is 16.6 Å². The second-order valence-electron chi connectivity index (χ2n) is 6.44. The predicted octanol–water partition coefficient (Wildman–Crippen LogP) is 1.24. The molecule has 0 N–H and O–H groups in total.